The average Bonchev–Trinajstić information content (AvgIpc) is 3.51. The van der Waals surface area contributed by atoms with Crippen molar-refractivity contribution in [1.82, 2.24) is 14.6 Å². The summed E-state index contributed by atoms with van der Waals surface area (Å²) in [4.78, 5) is 18.1. The molecular formula is C28H28N4OS. The quantitative estimate of drug-likeness (QED) is 0.264. The molecule has 172 valence electrons. The van der Waals surface area contributed by atoms with Crippen molar-refractivity contribution in [1.29, 1.82) is 0 Å². The third-order valence-electron chi connectivity index (χ3n) is 5.54. The minimum atomic E-state index is -0.117. The van der Waals surface area contributed by atoms with Gasteiger partial charge in [0.2, 0.25) is 0 Å². The molecular weight excluding hydrogens is 440 g/mol. The van der Waals surface area contributed by atoms with E-state index >= 15 is 0 Å². The van der Waals surface area contributed by atoms with Crippen LogP contribution in [0.5, 0.6) is 0 Å². The van der Waals surface area contributed by atoms with Crippen LogP contribution >= 0.6 is 11.3 Å². The number of allylic oxidation sites excluding steroid dienone is 5. The predicted molar refractivity (Wildman–Crippen MR) is 142 cm³/mol. The summed E-state index contributed by atoms with van der Waals surface area (Å²) >= 11 is 1.41. The van der Waals surface area contributed by atoms with Crippen LogP contribution in [-0.2, 0) is 6.42 Å². The fraction of sp³-hybridized carbons (Fsp3) is 0.179. The van der Waals surface area contributed by atoms with Crippen LogP contribution in [0.3, 0.4) is 0 Å². The van der Waals surface area contributed by atoms with Crippen molar-refractivity contribution < 1.29 is 4.79 Å². The van der Waals surface area contributed by atoms with E-state index < -0.39 is 0 Å². The van der Waals surface area contributed by atoms with Gasteiger partial charge in [-0.2, -0.15) is 5.10 Å². The molecule has 5 nitrogen and oxygen atoms in total. The molecule has 4 aromatic rings. The molecule has 3 aromatic heterocycles. The van der Waals surface area contributed by atoms with E-state index in [1.807, 2.05) is 61.1 Å². The third kappa shape index (κ3) is 5.24. The number of thiophene rings is 1. The Bertz CT molecular complexity index is 1360. The minimum absolute atomic E-state index is 0.117. The Morgan fingerprint density at radius 1 is 1.24 bits per heavy atom. The Balaban J connectivity index is 1.51. The van der Waals surface area contributed by atoms with Crippen LogP contribution in [0.1, 0.15) is 47.5 Å². The monoisotopic (exact) mass is 468 g/mol. The number of carbonyl (C=O) groups excluding carboxylic acids is 1. The SMILES string of the molecule is C=C/C(=C\C=C/C)c1cnc2c(-c3csc(C(=O)Nc4ccc(CCCC)cc4)c3)cnn2c1. The Morgan fingerprint density at radius 3 is 2.79 bits per heavy atom. The van der Waals surface area contributed by atoms with Crippen LogP contribution in [0.15, 0.2) is 85.2 Å². The Kier molecular flexibility index (Phi) is 7.50. The summed E-state index contributed by atoms with van der Waals surface area (Å²) in [6, 6.07) is 9.98. The molecule has 0 unspecified atom stereocenters. The molecule has 3 heterocycles. The number of nitrogens with zero attached hydrogens (tertiary/aromatic N) is 3. The second kappa shape index (κ2) is 10.9. The van der Waals surface area contributed by atoms with E-state index in [1.165, 1.54) is 29.7 Å². The maximum Gasteiger partial charge on any atom is 0.265 e. The van der Waals surface area contributed by atoms with E-state index in [2.05, 4.69) is 41.0 Å². The number of carbonyl (C=O) groups is 1. The fourth-order valence-electron chi connectivity index (χ4n) is 3.63. The predicted octanol–water partition coefficient (Wildman–Crippen LogP) is 7.20. The first-order valence-corrected chi connectivity index (χ1v) is 12.3. The highest BCUT2D eigenvalue weighted by Gasteiger charge is 2.15. The smallest absolute Gasteiger partial charge is 0.265 e. The highest BCUT2D eigenvalue weighted by Crippen LogP contribution is 2.29. The molecule has 0 spiro atoms. The fourth-order valence-corrected chi connectivity index (χ4v) is 4.44. The molecule has 0 radical (unpaired) electrons. The van der Waals surface area contributed by atoms with Crippen LogP contribution in [0.2, 0.25) is 0 Å². The molecule has 0 aliphatic carbocycles. The highest BCUT2D eigenvalue weighted by molar-refractivity contribution is 7.12. The zero-order valence-electron chi connectivity index (χ0n) is 19.5. The molecule has 34 heavy (non-hydrogen) atoms. The number of rotatable bonds is 9. The lowest BCUT2D eigenvalue weighted by molar-refractivity contribution is 0.103. The highest BCUT2D eigenvalue weighted by atomic mass is 32.1. The van der Waals surface area contributed by atoms with Crippen LogP contribution in [-0.4, -0.2) is 20.5 Å². The van der Waals surface area contributed by atoms with Gasteiger partial charge in [-0.25, -0.2) is 9.50 Å². The molecule has 0 aliphatic rings. The summed E-state index contributed by atoms with van der Waals surface area (Å²) in [7, 11) is 0. The van der Waals surface area contributed by atoms with Crippen LogP contribution in [0, 0.1) is 0 Å². The molecule has 1 amide bonds. The molecule has 0 atom stereocenters. The van der Waals surface area contributed by atoms with Crippen molar-refractivity contribution in [3.63, 3.8) is 0 Å². The van der Waals surface area contributed by atoms with E-state index in [-0.39, 0.29) is 5.91 Å². The van der Waals surface area contributed by atoms with E-state index in [4.69, 9.17) is 0 Å². The number of amides is 1. The van der Waals surface area contributed by atoms with Gasteiger partial charge in [-0.3, -0.25) is 4.79 Å². The minimum Gasteiger partial charge on any atom is -0.321 e. The summed E-state index contributed by atoms with van der Waals surface area (Å²) in [5.41, 5.74) is 6.55. The van der Waals surface area contributed by atoms with Crippen molar-refractivity contribution in [3.8, 4) is 11.1 Å². The number of nitrogens with one attached hydrogen (secondary N) is 1. The summed E-state index contributed by atoms with van der Waals surface area (Å²) in [5, 5.41) is 9.45. The Hall–Kier alpha value is -3.77. The Labute approximate surface area is 204 Å². The van der Waals surface area contributed by atoms with E-state index in [9.17, 15) is 4.79 Å². The summed E-state index contributed by atoms with van der Waals surface area (Å²) in [6.45, 7) is 8.05. The maximum atomic E-state index is 12.8. The first kappa shape index (κ1) is 23.4. The first-order chi connectivity index (χ1) is 16.6. The molecule has 0 aliphatic heterocycles. The third-order valence-corrected chi connectivity index (χ3v) is 6.47. The summed E-state index contributed by atoms with van der Waals surface area (Å²) in [5.74, 6) is -0.117. The number of anilines is 1. The van der Waals surface area contributed by atoms with Crippen molar-refractivity contribution in [3.05, 3.63) is 101 Å². The molecule has 0 saturated heterocycles. The van der Waals surface area contributed by atoms with E-state index in [1.54, 1.807) is 16.8 Å². The largest absolute Gasteiger partial charge is 0.321 e. The van der Waals surface area contributed by atoms with E-state index in [0.29, 0.717) is 4.88 Å². The van der Waals surface area contributed by atoms with Crippen LogP contribution < -0.4 is 5.32 Å². The zero-order valence-corrected chi connectivity index (χ0v) is 20.3. The molecule has 0 saturated carbocycles. The van der Waals surface area contributed by atoms with Crippen LogP contribution in [0.25, 0.3) is 22.3 Å². The maximum absolute atomic E-state index is 12.8. The first-order valence-electron chi connectivity index (χ1n) is 11.4. The van der Waals surface area contributed by atoms with Crippen LogP contribution in [0.4, 0.5) is 5.69 Å². The molecule has 1 N–H and O–H groups in total. The molecule has 6 heteroatoms. The van der Waals surface area contributed by atoms with Gasteiger partial charge in [0.15, 0.2) is 5.65 Å². The topological polar surface area (TPSA) is 59.3 Å². The van der Waals surface area contributed by atoms with E-state index in [0.717, 1.165) is 40.0 Å². The van der Waals surface area contributed by atoms with Gasteiger partial charge in [-0.05, 0) is 60.0 Å². The summed E-state index contributed by atoms with van der Waals surface area (Å²) < 4.78 is 1.76. The van der Waals surface area contributed by atoms with Gasteiger partial charge in [0, 0.05) is 29.2 Å². The number of hydrogen-bond donors (Lipinski definition) is 1. The number of aromatic nitrogens is 3. The molecule has 4 rings (SSSR count). The van der Waals surface area contributed by atoms with Gasteiger partial charge in [0.05, 0.1) is 11.1 Å². The second-order valence-corrected chi connectivity index (χ2v) is 8.89. The van der Waals surface area contributed by atoms with Crippen molar-refractivity contribution in [2.24, 2.45) is 0 Å². The number of benzene rings is 1. The van der Waals surface area contributed by atoms with Gasteiger partial charge in [-0.1, -0.05) is 56.4 Å². The van der Waals surface area contributed by atoms with Gasteiger partial charge in [-0.15, -0.1) is 11.3 Å². The van der Waals surface area contributed by atoms with Crippen molar-refractivity contribution in [2.75, 3.05) is 5.32 Å². The number of unbranched alkanes of at least 4 members (excludes halogenated alkanes) is 1. The number of hydrogen-bond acceptors (Lipinski definition) is 4. The zero-order chi connectivity index (χ0) is 23.9. The van der Waals surface area contributed by atoms with Gasteiger partial charge < -0.3 is 5.32 Å². The number of fused-ring (bicyclic) bond motifs is 1. The Morgan fingerprint density at radius 2 is 2.06 bits per heavy atom. The van der Waals surface area contributed by atoms with Gasteiger partial charge >= 0.3 is 0 Å². The lowest BCUT2D eigenvalue weighted by atomic mass is 10.1. The standard InChI is InChI=1S/C28H28N4OS/c1-4-7-9-20-11-13-24(14-12-20)31-28(33)26-15-22(19-34-26)25-17-30-32-18-23(16-29-27(25)32)21(6-3)10-8-5-2/h5-6,8,10-19H,3-4,7,9H2,1-2H3,(H,31,33)/b8-5-,21-10+. The average molecular weight is 469 g/mol. The molecule has 0 bridgehead atoms. The van der Waals surface area contributed by atoms with Gasteiger partial charge in [0.25, 0.3) is 5.91 Å². The molecule has 1 aromatic carbocycles. The number of aryl methyl sites for hydroxylation is 1. The normalized spacial score (nSPS) is 11.9. The lowest BCUT2D eigenvalue weighted by Gasteiger charge is -2.05. The summed E-state index contributed by atoms with van der Waals surface area (Å²) in [6.07, 6.45) is 16.7. The molecule has 0 fully saturated rings. The lowest BCUT2D eigenvalue weighted by Crippen LogP contribution is -2.10. The second-order valence-electron chi connectivity index (χ2n) is 7.98. The van der Waals surface area contributed by atoms with Crippen molar-refractivity contribution in [2.45, 2.75) is 33.1 Å². The van der Waals surface area contributed by atoms with Gasteiger partial charge in [0.1, 0.15) is 0 Å². The van der Waals surface area contributed by atoms with Crippen molar-refractivity contribution >= 4 is 34.2 Å².